The van der Waals surface area contributed by atoms with Gasteiger partial charge in [0, 0.05) is 33.6 Å². The van der Waals surface area contributed by atoms with Crippen molar-refractivity contribution < 1.29 is 4.79 Å². The summed E-state index contributed by atoms with van der Waals surface area (Å²) >= 11 is 3.40. The van der Waals surface area contributed by atoms with Gasteiger partial charge in [-0.15, -0.1) is 0 Å². The standard InChI is InChI=1S/C11H10BrNO/c1-2-11(14)9-6-13-10-4-3-7(12)5-8(9)10/h3-6,13H,2H2,1H3. The van der Waals surface area contributed by atoms with E-state index in [0.717, 1.165) is 20.9 Å². The van der Waals surface area contributed by atoms with Crippen LogP contribution in [0.4, 0.5) is 0 Å². The SMILES string of the molecule is CCC(=O)c1c[nH]c2ccc(Br)cc12. The number of nitrogens with one attached hydrogen (secondary N) is 1. The molecule has 0 bridgehead atoms. The highest BCUT2D eigenvalue weighted by Gasteiger charge is 2.09. The van der Waals surface area contributed by atoms with E-state index in [-0.39, 0.29) is 5.78 Å². The number of ketones is 1. The molecule has 0 unspecified atom stereocenters. The van der Waals surface area contributed by atoms with E-state index in [4.69, 9.17) is 0 Å². The van der Waals surface area contributed by atoms with Crippen molar-refractivity contribution in [2.45, 2.75) is 13.3 Å². The first-order valence-corrected chi connectivity index (χ1v) is 5.31. The number of carbonyl (C=O) groups is 1. The normalized spacial score (nSPS) is 10.7. The summed E-state index contributed by atoms with van der Waals surface area (Å²) in [6, 6.07) is 5.89. The number of Topliss-reactive ketones (excluding diaryl/α,β-unsaturated/α-hetero) is 1. The summed E-state index contributed by atoms with van der Waals surface area (Å²) in [5, 5.41) is 0.992. The number of H-pyrrole nitrogens is 1. The molecule has 3 heteroatoms. The van der Waals surface area contributed by atoms with E-state index in [0.29, 0.717) is 6.42 Å². The third kappa shape index (κ3) is 1.48. The van der Waals surface area contributed by atoms with Crippen molar-refractivity contribution in [2.24, 2.45) is 0 Å². The summed E-state index contributed by atoms with van der Waals surface area (Å²) in [5.74, 6) is 0.175. The number of aromatic amines is 1. The van der Waals surface area contributed by atoms with Crippen molar-refractivity contribution in [3.05, 3.63) is 34.4 Å². The molecule has 0 aliphatic rings. The topological polar surface area (TPSA) is 32.9 Å². The molecule has 0 saturated heterocycles. The van der Waals surface area contributed by atoms with Crippen LogP contribution in [0.1, 0.15) is 23.7 Å². The van der Waals surface area contributed by atoms with Crippen LogP contribution in [0.3, 0.4) is 0 Å². The zero-order valence-electron chi connectivity index (χ0n) is 7.80. The van der Waals surface area contributed by atoms with Crippen LogP contribution >= 0.6 is 15.9 Å². The van der Waals surface area contributed by atoms with Crippen LogP contribution in [0.15, 0.2) is 28.9 Å². The Morgan fingerprint density at radius 1 is 1.50 bits per heavy atom. The van der Waals surface area contributed by atoms with E-state index in [1.54, 1.807) is 6.20 Å². The first kappa shape index (κ1) is 9.46. The highest BCUT2D eigenvalue weighted by atomic mass is 79.9. The van der Waals surface area contributed by atoms with Crippen LogP contribution in [-0.4, -0.2) is 10.8 Å². The van der Waals surface area contributed by atoms with Crippen molar-refractivity contribution in [2.75, 3.05) is 0 Å². The number of rotatable bonds is 2. The fraction of sp³-hybridized carbons (Fsp3) is 0.182. The smallest absolute Gasteiger partial charge is 0.164 e. The van der Waals surface area contributed by atoms with Crippen molar-refractivity contribution in [3.63, 3.8) is 0 Å². The van der Waals surface area contributed by atoms with Gasteiger partial charge in [-0.05, 0) is 18.2 Å². The molecule has 1 heterocycles. The first-order chi connectivity index (χ1) is 6.72. The monoisotopic (exact) mass is 251 g/mol. The van der Waals surface area contributed by atoms with Crippen LogP contribution in [0.2, 0.25) is 0 Å². The van der Waals surface area contributed by atoms with Crippen LogP contribution in [0.5, 0.6) is 0 Å². The molecule has 0 saturated carbocycles. The molecule has 1 aromatic carbocycles. The van der Waals surface area contributed by atoms with E-state index in [9.17, 15) is 4.79 Å². The Kier molecular flexibility index (Phi) is 2.42. The van der Waals surface area contributed by atoms with Gasteiger partial charge in [0.2, 0.25) is 0 Å². The number of hydrogen-bond acceptors (Lipinski definition) is 1. The van der Waals surface area contributed by atoms with E-state index < -0.39 is 0 Å². The zero-order chi connectivity index (χ0) is 10.1. The molecular weight excluding hydrogens is 242 g/mol. The first-order valence-electron chi connectivity index (χ1n) is 4.52. The second-order valence-electron chi connectivity index (χ2n) is 3.17. The molecule has 0 amide bonds. The Morgan fingerprint density at radius 3 is 3.00 bits per heavy atom. The van der Waals surface area contributed by atoms with E-state index in [1.807, 2.05) is 25.1 Å². The summed E-state index contributed by atoms with van der Waals surface area (Å²) in [7, 11) is 0. The minimum absolute atomic E-state index is 0.175. The fourth-order valence-electron chi connectivity index (χ4n) is 1.51. The van der Waals surface area contributed by atoms with Gasteiger partial charge < -0.3 is 4.98 Å². The Labute approximate surface area is 90.4 Å². The zero-order valence-corrected chi connectivity index (χ0v) is 9.39. The van der Waals surface area contributed by atoms with Gasteiger partial charge in [-0.25, -0.2) is 0 Å². The van der Waals surface area contributed by atoms with Crippen molar-refractivity contribution in [1.29, 1.82) is 0 Å². The van der Waals surface area contributed by atoms with Crippen molar-refractivity contribution in [3.8, 4) is 0 Å². The lowest BCUT2D eigenvalue weighted by atomic mass is 10.1. The third-order valence-corrected chi connectivity index (χ3v) is 2.76. The molecule has 0 aliphatic heterocycles. The highest BCUT2D eigenvalue weighted by molar-refractivity contribution is 9.10. The average Bonchev–Trinajstić information content (AvgIpc) is 2.59. The predicted molar refractivity (Wildman–Crippen MR) is 60.6 cm³/mol. The molecular formula is C11H10BrNO. The van der Waals surface area contributed by atoms with Gasteiger partial charge in [-0.3, -0.25) is 4.79 Å². The maximum Gasteiger partial charge on any atom is 0.164 e. The van der Waals surface area contributed by atoms with E-state index in [1.165, 1.54) is 0 Å². The lowest BCUT2D eigenvalue weighted by Gasteiger charge is -1.95. The molecule has 0 atom stereocenters. The van der Waals surface area contributed by atoms with Crippen LogP contribution in [0, 0.1) is 0 Å². The maximum atomic E-state index is 11.6. The maximum absolute atomic E-state index is 11.6. The second-order valence-corrected chi connectivity index (χ2v) is 4.08. The van der Waals surface area contributed by atoms with Crippen molar-refractivity contribution >= 4 is 32.6 Å². The molecule has 72 valence electrons. The number of hydrogen-bond donors (Lipinski definition) is 1. The van der Waals surface area contributed by atoms with Crippen molar-refractivity contribution in [1.82, 2.24) is 4.98 Å². The Morgan fingerprint density at radius 2 is 2.29 bits per heavy atom. The van der Waals surface area contributed by atoms with Crippen LogP contribution in [-0.2, 0) is 0 Å². The molecule has 0 fully saturated rings. The molecule has 0 aliphatic carbocycles. The van der Waals surface area contributed by atoms with Gasteiger partial charge in [0.05, 0.1) is 0 Å². The molecule has 2 aromatic rings. The van der Waals surface area contributed by atoms with Gasteiger partial charge >= 0.3 is 0 Å². The van der Waals surface area contributed by atoms with Gasteiger partial charge in [-0.2, -0.15) is 0 Å². The summed E-state index contributed by atoms with van der Waals surface area (Å²) in [6.07, 6.45) is 2.32. The number of aromatic nitrogens is 1. The third-order valence-electron chi connectivity index (χ3n) is 2.27. The van der Waals surface area contributed by atoms with Crippen LogP contribution in [0.25, 0.3) is 10.9 Å². The Hall–Kier alpha value is -1.09. The van der Waals surface area contributed by atoms with Gasteiger partial charge in [-0.1, -0.05) is 22.9 Å². The number of benzene rings is 1. The number of fused-ring (bicyclic) bond motifs is 1. The number of halogens is 1. The van der Waals surface area contributed by atoms with E-state index >= 15 is 0 Å². The minimum Gasteiger partial charge on any atom is -0.360 e. The summed E-state index contributed by atoms with van der Waals surface area (Å²) < 4.78 is 0.995. The molecule has 1 aromatic heterocycles. The summed E-state index contributed by atoms with van der Waals surface area (Å²) in [6.45, 7) is 1.87. The molecule has 1 N–H and O–H groups in total. The summed E-state index contributed by atoms with van der Waals surface area (Å²) in [5.41, 5.74) is 1.79. The molecule has 0 radical (unpaired) electrons. The van der Waals surface area contributed by atoms with E-state index in [2.05, 4.69) is 20.9 Å². The quantitative estimate of drug-likeness (QED) is 0.815. The molecule has 2 nitrogen and oxygen atoms in total. The summed E-state index contributed by atoms with van der Waals surface area (Å²) in [4.78, 5) is 14.7. The fourth-order valence-corrected chi connectivity index (χ4v) is 1.88. The minimum atomic E-state index is 0.175. The van der Waals surface area contributed by atoms with Gasteiger partial charge in [0.25, 0.3) is 0 Å². The lowest BCUT2D eigenvalue weighted by molar-refractivity contribution is 0.0990. The largest absolute Gasteiger partial charge is 0.360 e. The molecule has 0 spiro atoms. The molecule has 14 heavy (non-hydrogen) atoms. The molecule has 2 rings (SSSR count). The van der Waals surface area contributed by atoms with Gasteiger partial charge in [0.15, 0.2) is 5.78 Å². The van der Waals surface area contributed by atoms with Gasteiger partial charge in [0.1, 0.15) is 0 Å². The highest BCUT2D eigenvalue weighted by Crippen LogP contribution is 2.23. The Bertz CT molecular complexity index is 487. The second kappa shape index (κ2) is 3.58. The lowest BCUT2D eigenvalue weighted by Crippen LogP contribution is -1.93. The van der Waals surface area contributed by atoms with Crippen LogP contribution < -0.4 is 0 Å². The average molecular weight is 252 g/mol. The number of carbonyl (C=O) groups excluding carboxylic acids is 1. The Balaban J connectivity index is 2.67. The predicted octanol–water partition coefficient (Wildman–Crippen LogP) is 3.52.